The van der Waals surface area contributed by atoms with E-state index in [1.165, 1.54) is 17.4 Å². The van der Waals surface area contributed by atoms with E-state index in [0.29, 0.717) is 20.3 Å². The van der Waals surface area contributed by atoms with Crippen molar-refractivity contribution in [3.63, 3.8) is 0 Å². The van der Waals surface area contributed by atoms with E-state index in [9.17, 15) is 8.42 Å². The SMILES string of the molecule is Cc1noc(C)c1CN(C)S(=O)(=O)c1cc(Cl)c(Br)s1. The smallest absolute Gasteiger partial charge is 0.252 e. The highest BCUT2D eigenvalue weighted by atomic mass is 79.9. The van der Waals surface area contributed by atoms with Crippen molar-refractivity contribution in [1.82, 2.24) is 9.46 Å². The van der Waals surface area contributed by atoms with E-state index < -0.39 is 10.0 Å². The molecular formula is C11H12BrClN2O3S2. The number of thiophene rings is 1. The van der Waals surface area contributed by atoms with Gasteiger partial charge in [-0.3, -0.25) is 0 Å². The summed E-state index contributed by atoms with van der Waals surface area (Å²) in [5.74, 6) is 0.620. The van der Waals surface area contributed by atoms with Gasteiger partial charge in [0, 0.05) is 19.2 Å². The molecule has 0 spiro atoms. The first kappa shape index (κ1) is 16.0. The van der Waals surface area contributed by atoms with Gasteiger partial charge in [0.05, 0.1) is 14.5 Å². The molecule has 0 fully saturated rings. The molecule has 0 aliphatic heterocycles. The van der Waals surface area contributed by atoms with Crippen LogP contribution in [-0.2, 0) is 16.6 Å². The summed E-state index contributed by atoms with van der Waals surface area (Å²) in [5, 5.41) is 4.21. The number of nitrogens with zero attached hydrogens (tertiary/aromatic N) is 2. The Morgan fingerprint density at radius 2 is 2.15 bits per heavy atom. The summed E-state index contributed by atoms with van der Waals surface area (Å²) < 4.78 is 32.0. The van der Waals surface area contributed by atoms with Crippen molar-refractivity contribution in [2.24, 2.45) is 0 Å². The molecule has 0 saturated heterocycles. The monoisotopic (exact) mass is 398 g/mol. The lowest BCUT2D eigenvalue weighted by molar-refractivity contribution is 0.390. The van der Waals surface area contributed by atoms with Crippen LogP contribution in [0.2, 0.25) is 5.02 Å². The molecule has 5 nitrogen and oxygen atoms in total. The molecule has 0 aliphatic rings. The zero-order valence-electron chi connectivity index (χ0n) is 11.0. The van der Waals surface area contributed by atoms with E-state index in [1.807, 2.05) is 0 Å². The van der Waals surface area contributed by atoms with Crippen molar-refractivity contribution in [1.29, 1.82) is 0 Å². The van der Waals surface area contributed by atoms with Gasteiger partial charge in [0.15, 0.2) is 0 Å². The molecule has 2 heterocycles. The van der Waals surface area contributed by atoms with Crippen molar-refractivity contribution in [2.45, 2.75) is 24.6 Å². The predicted molar refractivity (Wildman–Crippen MR) is 81.7 cm³/mol. The fourth-order valence-corrected chi connectivity index (χ4v) is 5.39. The second kappa shape index (κ2) is 5.76. The number of sulfonamides is 1. The highest BCUT2D eigenvalue weighted by Crippen LogP contribution is 2.36. The van der Waals surface area contributed by atoms with E-state index >= 15 is 0 Å². The van der Waals surface area contributed by atoms with Gasteiger partial charge in [0.1, 0.15) is 9.97 Å². The zero-order valence-corrected chi connectivity index (χ0v) is 15.0. The van der Waals surface area contributed by atoms with Gasteiger partial charge in [0.25, 0.3) is 10.0 Å². The van der Waals surface area contributed by atoms with Gasteiger partial charge >= 0.3 is 0 Å². The lowest BCUT2D eigenvalue weighted by Crippen LogP contribution is -2.26. The summed E-state index contributed by atoms with van der Waals surface area (Å²) in [5.41, 5.74) is 1.47. The van der Waals surface area contributed by atoms with E-state index in [2.05, 4.69) is 21.1 Å². The van der Waals surface area contributed by atoms with Crippen molar-refractivity contribution in [3.8, 4) is 0 Å². The minimum absolute atomic E-state index is 0.198. The third-order valence-corrected chi connectivity index (χ3v) is 7.58. The number of aryl methyl sites for hydroxylation is 2. The summed E-state index contributed by atoms with van der Waals surface area (Å²) in [6.07, 6.45) is 0. The summed E-state index contributed by atoms with van der Waals surface area (Å²) in [4.78, 5) is 0. The molecular weight excluding hydrogens is 388 g/mol. The van der Waals surface area contributed by atoms with Gasteiger partial charge < -0.3 is 4.52 Å². The molecule has 20 heavy (non-hydrogen) atoms. The standard InChI is InChI=1S/C11H12BrClN2O3S2/c1-6-8(7(2)18-14-6)5-15(3)20(16,17)10-4-9(13)11(12)19-10/h4H,5H2,1-3H3. The van der Waals surface area contributed by atoms with Crippen LogP contribution in [0.25, 0.3) is 0 Å². The van der Waals surface area contributed by atoms with Gasteiger partial charge in [0.2, 0.25) is 0 Å². The molecule has 2 rings (SSSR count). The first-order valence-electron chi connectivity index (χ1n) is 5.56. The lowest BCUT2D eigenvalue weighted by Gasteiger charge is -2.15. The predicted octanol–water partition coefficient (Wildman–Crippen LogP) is 3.59. The van der Waals surface area contributed by atoms with Gasteiger partial charge in [-0.25, -0.2) is 8.42 Å². The van der Waals surface area contributed by atoms with Gasteiger partial charge in [-0.15, -0.1) is 11.3 Å². The van der Waals surface area contributed by atoms with Crippen LogP contribution >= 0.6 is 38.9 Å². The zero-order chi connectivity index (χ0) is 15.1. The average molecular weight is 400 g/mol. The molecule has 110 valence electrons. The Kier molecular flexibility index (Phi) is 4.60. The maximum absolute atomic E-state index is 12.5. The Labute approximate surface area is 134 Å². The van der Waals surface area contributed by atoms with Crippen LogP contribution in [0.4, 0.5) is 0 Å². The Bertz CT molecular complexity index is 700. The highest BCUT2D eigenvalue weighted by molar-refractivity contribution is 9.11. The third-order valence-electron chi connectivity index (χ3n) is 2.85. The second-order valence-electron chi connectivity index (χ2n) is 4.25. The van der Waals surface area contributed by atoms with E-state index in [1.54, 1.807) is 13.8 Å². The molecule has 0 atom stereocenters. The van der Waals surface area contributed by atoms with Crippen LogP contribution in [-0.4, -0.2) is 24.9 Å². The number of hydrogen-bond donors (Lipinski definition) is 0. The lowest BCUT2D eigenvalue weighted by atomic mass is 10.2. The summed E-state index contributed by atoms with van der Waals surface area (Å²) in [6.45, 7) is 3.75. The number of rotatable bonds is 4. The van der Waals surface area contributed by atoms with Crippen LogP contribution in [0.5, 0.6) is 0 Å². The highest BCUT2D eigenvalue weighted by Gasteiger charge is 2.26. The van der Waals surface area contributed by atoms with Crippen LogP contribution in [0.1, 0.15) is 17.0 Å². The van der Waals surface area contributed by atoms with Crippen LogP contribution < -0.4 is 0 Å². The minimum Gasteiger partial charge on any atom is -0.361 e. The molecule has 0 radical (unpaired) electrons. The molecule has 0 bridgehead atoms. The fraction of sp³-hybridized carbons (Fsp3) is 0.364. The molecule has 0 unspecified atom stereocenters. The first-order valence-corrected chi connectivity index (χ1v) is 8.99. The van der Waals surface area contributed by atoms with Crippen molar-refractivity contribution < 1.29 is 12.9 Å². The molecule has 2 aromatic rings. The maximum atomic E-state index is 12.5. The normalized spacial score (nSPS) is 12.3. The van der Waals surface area contributed by atoms with E-state index in [0.717, 1.165) is 16.9 Å². The quantitative estimate of drug-likeness (QED) is 0.788. The van der Waals surface area contributed by atoms with E-state index in [-0.39, 0.29) is 10.8 Å². The van der Waals surface area contributed by atoms with Crippen LogP contribution in [0.3, 0.4) is 0 Å². The third kappa shape index (κ3) is 2.94. The molecule has 0 saturated carbocycles. The molecule has 2 aromatic heterocycles. The average Bonchev–Trinajstić information content (AvgIpc) is 2.87. The molecule has 0 aromatic carbocycles. The molecule has 0 N–H and O–H groups in total. The maximum Gasteiger partial charge on any atom is 0.252 e. The topological polar surface area (TPSA) is 63.4 Å². The van der Waals surface area contributed by atoms with Crippen molar-refractivity contribution in [3.05, 3.63) is 31.9 Å². The molecule has 9 heteroatoms. The summed E-state index contributed by atoms with van der Waals surface area (Å²) in [6, 6.07) is 1.44. The number of aromatic nitrogens is 1. The van der Waals surface area contributed by atoms with E-state index in [4.69, 9.17) is 16.1 Å². The Morgan fingerprint density at radius 3 is 2.60 bits per heavy atom. The van der Waals surface area contributed by atoms with Crippen LogP contribution in [0, 0.1) is 13.8 Å². The fourth-order valence-electron chi connectivity index (χ4n) is 1.64. The molecule has 0 aliphatic carbocycles. The first-order chi connectivity index (χ1) is 9.23. The van der Waals surface area contributed by atoms with Crippen molar-refractivity contribution >= 4 is 48.9 Å². The number of halogens is 2. The Hall–Kier alpha value is -0.410. The summed E-state index contributed by atoms with van der Waals surface area (Å²) >= 11 is 10.2. The number of hydrogen-bond acceptors (Lipinski definition) is 5. The Balaban J connectivity index is 2.30. The second-order valence-corrected chi connectivity index (χ2v) is 9.30. The largest absolute Gasteiger partial charge is 0.361 e. The van der Waals surface area contributed by atoms with Gasteiger partial charge in [-0.2, -0.15) is 4.31 Å². The minimum atomic E-state index is -3.58. The van der Waals surface area contributed by atoms with Crippen molar-refractivity contribution in [2.75, 3.05) is 7.05 Å². The summed E-state index contributed by atoms with van der Waals surface area (Å²) in [7, 11) is -2.07. The van der Waals surface area contributed by atoms with Gasteiger partial charge in [-0.05, 0) is 35.8 Å². The Morgan fingerprint density at radius 1 is 1.50 bits per heavy atom. The van der Waals surface area contributed by atoms with Gasteiger partial charge in [-0.1, -0.05) is 16.8 Å². The molecule has 0 amide bonds. The van der Waals surface area contributed by atoms with Crippen LogP contribution in [0.15, 0.2) is 18.6 Å².